The van der Waals surface area contributed by atoms with Gasteiger partial charge >= 0.3 is 0 Å². The second-order valence-electron chi connectivity index (χ2n) is 6.97. The first-order valence-electron chi connectivity index (χ1n) is 9.41. The van der Waals surface area contributed by atoms with Crippen LogP contribution in [0, 0.1) is 6.92 Å². The van der Waals surface area contributed by atoms with E-state index in [4.69, 9.17) is 0 Å². The lowest BCUT2D eigenvalue weighted by Crippen LogP contribution is -2.46. The molecule has 1 aromatic carbocycles. The molecule has 0 spiro atoms. The Hall–Kier alpha value is -2.38. The molecule has 142 valence electrons. The van der Waals surface area contributed by atoms with E-state index in [0.717, 1.165) is 49.1 Å². The Bertz CT molecular complexity index is 910. The minimum atomic E-state index is -0.0375. The summed E-state index contributed by atoms with van der Waals surface area (Å²) in [5, 5.41) is 4.99. The van der Waals surface area contributed by atoms with Crippen molar-refractivity contribution < 1.29 is 4.79 Å². The Morgan fingerprint density at radius 3 is 2.78 bits per heavy atom. The molecule has 0 bridgehead atoms. The summed E-state index contributed by atoms with van der Waals surface area (Å²) in [6, 6.07) is 6.18. The minimum absolute atomic E-state index is 0.0375. The largest absolute Gasteiger partial charge is 0.369 e. The monoisotopic (exact) mass is 383 g/mol. The van der Waals surface area contributed by atoms with Gasteiger partial charge in [-0.2, -0.15) is 0 Å². The van der Waals surface area contributed by atoms with Gasteiger partial charge in [-0.1, -0.05) is 6.92 Å². The van der Waals surface area contributed by atoms with Gasteiger partial charge in [0.2, 0.25) is 5.91 Å². The Balaban J connectivity index is 1.38. The van der Waals surface area contributed by atoms with E-state index in [1.165, 1.54) is 11.3 Å². The number of anilines is 2. The molecular formula is C20H25N5OS. The van der Waals surface area contributed by atoms with Crippen LogP contribution in [0.1, 0.15) is 18.2 Å². The number of hydrogen-bond donors (Lipinski definition) is 1. The number of hydrogen-bond acceptors (Lipinski definition) is 5. The number of fused-ring (bicyclic) bond motifs is 1. The first-order chi connectivity index (χ1) is 13.1. The maximum Gasteiger partial charge on any atom is 0.230 e. The average Bonchev–Trinajstić information content (AvgIpc) is 3.23. The van der Waals surface area contributed by atoms with E-state index in [0.29, 0.717) is 0 Å². The highest BCUT2D eigenvalue weighted by Crippen LogP contribution is 2.25. The van der Waals surface area contributed by atoms with Gasteiger partial charge in [-0.25, -0.2) is 4.98 Å². The molecule has 0 saturated carbocycles. The molecule has 1 aliphatic rings. The molecule has 1 amide bonds. The number of aromatic nitrogens is 2. The van der Waals surface area contributed by atoms with Crippen LogP contribution in [0.4, 0.5) is 11.4 Å². The molecule has 4 rings (SSSR count). The molecule has 1 saturated heterocycles. The fourth-order valence-electron chi connectivity index (χ4n) is 3.62. The fourth-order valence-corrected chi connectivity index (χ4v) is 4.34. The fraction of sp³-hybridized carbons (Fsp3) is 0.400. The first kappa shape index (κ1) is 18.0. The van der Waals surface area contributed by atoms with E-state index >= 15 is 0 Å². The van der Waals surface area contributed by atoms with Gasteiger partial charge in [0.05, 0.1) is 12.1 Å². The summed E-state index contributed by atoms with van der Waals surface area (Å²) in [5.41, 5.74) is 4.09. The molecule has 1 fully saturated rings. The van der Waals surface area contributed by atoms with Crippen molar-refractivity contribution in [3.8, 4) is 0 Å². The molecule has 6 nitrogen and oxygen atoms in total. The highest BCUT2D eigenvalue weighted by molar-refractivity contribution is 7.15. The highest BCUT2D eigenvalue weighted by atomic mass is 32.1. The molecule has 0 unspecified atom stereocenters. The number of piperazine rings is 1. The maximum absolute atomic E-state index is 12.4. The van der Waals surface area contributed by atoms with Crippen LogP contribution >= 0.6 is 11.3 Å². The molecule has 0 radical (unpaired) electrons. The Labute approximate surface area is 163 Å². The molecular weight excluding hydrogens is 358 g/mol. The third-order valence-electron chi connectivity index (χ3n) is 5.13. The quantitative estimate of drug-likeness (QED) is 0.736. The molecule has 3 aromatic rings. The number of imidazole rings is 1. The van der Waals surface area contributed by atoms with Crippen LogP contribution in [0.15, 0.2) is 36.0 Å². The van der Waals surface area contributed by atoms with E-state index in [2.05, 4.69) is 46.1 Å². The maximum atomic E-state index is 12.4. The first-order valence-corrected chi connectivity index (χ1v) is 10.3. The second kappa shape index (κ2) is 7.70. The summed E-state index contributed by atoms with van der Waals surface area (Å²) >= 11 is 1.57. The van der Waals surface area contributed by atoms with Gasteiger partial charge in [-0.15, -0.1) is 11.3 Å². The van der Waals surface area contributed by atoms with Gasteiger partial charge in [0.15, 0.2) is 4.96 Å². The van der Waals surface area contributed by atoms with Crippen LogP contribution in [-0.2, 0) is 11.2 Å². The Kier molecular flexibility index (Phi) is 5.13. The number of carbonyl (C=O) groups excluding carboxylic acids is 1. The number of nitrogens with zero attached hydrogens (tertiary/aromatic N) is 4. The topological polar surface area (TPSA) is 52.9 Å². The summed E-state index contributed by atoms with van der Waals surface area (Å²) in [6.07, 6.45) is 4.15. The molecule has 2 aromatic heterocycles. The van der Waals surface area contributed by atoms with Gasteiger partial charge < -0.3 is 15.1 Å². The molecule has 0 aliphatic carbocycles. The third-order valence-corrected chi connectivity index (χ3v) is 5.90. The molecule has 1 N–H and O–H groups in total. The molecule has 1 aliphatic heterocycles. The third kappa shape index (κ3) is 3.99. The lowest BCUT2D eigenvalue weighted by molar-refractivity contribution is -0.115. The summed E-state index contributed by atoms with van der Waals surface area (Å²) < 4.78 is 1.95. The zero-order chi connectivity index (χ0) is 18.8. The van der Waals surface area contributed by atoms with Crippen molar-refractivity contribution in [3.63, 3.8) is 0 Å². The summed E-state index contributed by atoms with van der Waals surface area (Å²) in [6.45, 7) is 9.77. The predicted octanol–water partition coefficient (Wildman–Crippen LogP) is 3.03. The number of aryl methyl sites for hydroxylation is 1. The summed E-state index contributed by atoms with van der Waals surface area (Å²) in [5.74, 6) is -0.0375. The number of carbonyl (C=O) groups is 1. The van der Waals surface area contributed by atoms with Crippen molar-refractivity contribution in [2.24, 2.45) is 0 Å². The van der Waals surface area contributed by atoms with Crippen molar-refractivity contribution >= 4 is 33.6 Å². The van der Waals surface area contributed by atoms with Crippen LogP contribution in [0.3, 0.4) is 0 Å². The number of amides is 1. The molecule has 7 heteroatoms. The molecule has 3 heterocycles. The lowest BCUT2D eigenvalue weighted by atomic mass is 10.1. The number of thiazole rings is 1. The Morgan fingerprint density at radius 2 is 2.07 bits per heavy atom. The van der Waals surface area contributed by atoms with E-state index in [1.54, 1.807) is 11.3 Å². The van der Waals surface area contributed by atoms with Crippen molar-refractivity contribution in [1.29, 1.82) is 0 Å². The second-order valence-corrected chi connectivity index (χ2v) is 7.85. The van der Waals surface area contributed by atoms with Crippen molar-refractivity contribution in [3.05, 3.63) is 47.2 Å². The highest BCUT2D eigenvalue weighted by Gasteiger charge is 2.17. The van der Waals surface area contributed by atoms with Crippen molar-refractivity contribution in [1.82, 2.24) is 14.3 Å². The van der Waals surface area contributed by atoms with E-state index in [-0.39, 0.29) is 12.3 Å². The van der Waals surface area contributed by atoms with Crippen LogP contribution in [-0.4, -0.2) is 52.9 Å². The van der Waals surface area contributed by atoms with Gasteiger partial charge in [-0.05, 0) is 37.2 Å². The smallest absolute Gasteiger partial charge is 0.230 e. The minimum Gasteiger partial charge on any atom is -0.369 e. The number of likely N-dealkylation sites (N-methyl/N-ethyl adjacent to an activating group) is 1. The SMILES string of the molecule is CCN1CCN(c2ccc(NC(=O)Cc3cn4ccsc4n3)cc2C)CC1. The van der Waals surface area contributed by atoms with Crippen LogP contribution < -0.4 is 10.2 Å². The normalized spacial score (nSPS) is 15.4. The summed E-state index contributed by atoms with van der Waals surface area (Å²) in [7, 11) is 0. The van der Waals surface area contributed by atoms with E-state index in [9.17, 15) is 4.79 Å². The van der Waals surface area contributed by atoms with Gasteiger partial charge in [-0.3, -0.25) is 9.20 Å². The lowest BCUT2D eigenvalue weighted by Gasteiger charge is -2.36. The van der Waals surface area contributed by atoms with E-state index < -0.39 is 0 Å². The molecule has 27 heavy (non-hydrogen) atoms. The van der Waals surface area contributed by atoms with Gasteiger partial charge in [0, 0.05) is 55.3 Å². The van der Waals surface area contributed by atoms with Gasteiger partial charge in [0.25, 0.3) is 0 Å². The standard InChI is InChI=1S/C20H25N5OS/c1-3-23-6-8-24(9-7-23)18-5-4-16(12-15(18)2)21-19(26)13-17-14-25-10-11-27-20(25)22-17/h4-5,10-12,14H,3,6-9,13H2,1-2H3,(H,21,26). The van der Waals surface area contributed by atoms with Crippen LogP contribution in [0.5, 0.6) is 0 Å². The van der Waals surface area contributed by atoms with E-state index in [1.807, 2.05) is 28.2 Å². The number of rotatable bonds is 5. The van der Waals surface area contributed by atoms with Crippen molar-refractivity contribution in [2.75, 3.05) is 42.9 Å². The number of benzene rings is 1. The van der Waals surface area contributed by atoms with Gasteiger partial charge in [0.1, 0.15) is 0 Å². The zero-order valence-electron chi connectivity index (χ0n) is 15.8. The van der Waals surface area contributed by atoms with Crippen molar-refractivity contribution in [2.45, 2.75) is 20.3 Å². The number of nitrogens with one attached hydrogen (secondary N) is 1. The summed E-state index contributed by atoms with van der Waals surface area (Å²) in [4.78, 5) is 22.7. The van der Waals surface area contributed by atoms with Crippen LogP contribution in [0.2, 0.25) is 0 Å². The van der Waals surface area contributed by atoms with Crippen LogP contribution in [0.25, 0.3) is 4.96 Å². The predicted molar refractivity (Wildman–Crippen MR) is 111 cm³/mol. The Morgan fingerprint density at radius 1 is 1.26 bits per heavy atom. The average molecular weight is 384 g/mol. The zero-order valence-corrected chi connectivity index (χ0v) is 16.6. The molecule has 0 atom stereocenters.